The Morgan fingerprint density at radius 1 is 0.909 bits per heavy atom. The highest BCUT2D eigenvalue weighted by Crippen LogP contribution is 2.65. The van der Waals surface area contributed by atoms with Gasteiger partial charge in [0.25, 0.3) is 0 Å². The summed E-state index contributed by atoms with van der Waals surface area (Å²) in [5.74, 6) is 2.49. The number of esters is 1. The normalized spacial score (nSPS) is 37.7. The highest BCUT2D eigenvalue weighted by molar-refractivity contribution is 5.91. The van der Waals surface area contributed by atoms with Gasteiger partial charge in [-0.05, 0) is 80.6 Å². The van der Waals surface area contributed by atoms with Gasteiger partial charge in [-0.2, -0.15) is 0 Å². The quantitative estimate of drug-likeness (QED) is 0.247. The zero-order chi connectivity index (χ0) is 23.5. The van der Waals surface area contributed by atoms with Crippen molar-refractivity contribution in [3.8, 4) is 0 Å². The Kier molecular flexibility index (Phi) is 8.06. The molecule has 0 heterocycles. The van der Waals surface area contributed by atoms with Crippen LogP contribution in [0.5, 0.6) is 0 Å². The number of hydrogen-bond donors (Lipinski definition) is 0. The number of allylic oxidation sites excluding steroid dienone is 1. The summed E-state index contributed by atoms with van der Waals surface area (Å²) in [6.07, 6.45) is 21.5. The summed E-state index contributed by atoms with van der Waals surface area (Å²) in [4.78, 5) is 24.7. The fraction of sp³-hybridized carbons (Fsp3) is 0.867. The molecule has 0 aromatic heterocycles. The number of ketones is 1. The van der Waals surface area contributed by atoms with E-state index in [1.807, 2.05) is 6.08 Å². The Morgan fingerprint density at radius 3 is 2.39 bits per heavy atom. The van der Waals surface area contributed by atoms with Gasteiger partial charge in [-0.3, -0.25) is 9.59 Å². The molecule has 3 heteroatoms. The first-order valence-corrected chi connectivity index (χ1v) is 14.3. The van der Waals surface area contributed by atoms with Gasteiger partial charge < -0.3 is 4.74 Å². The monoisotopic (exact) mass is 456 g/mol. The fourth-order valence-corrected chi connectivity index (χ4v) is 8.33. The molecule has 0 N–H and O–H groups in total. The first-order chi connectivity index (χ1) is 15.9. The van der Waals surface area contributed by atoms with Gasteiger partial charge in [0, 0.05) is 18.3 Å². The van der Waals surface area contributed by atoms with Crippen LogP contribution in [0.4, 0.5) is 0 Å². The number of ether oxygens (including phenoxy) is 1. The molecule has 0 radical (unpaired) electrons. The van der Waals surface area contributed by atoms with Gasteiger partial charge in [-0.25, -0.2) is 0 Å². The molecule has 3 saturated carbocycles. The molecule has 33 heavy (non-hydrogen) atoms. The molecular formula is C30H48O3. The van der Waals surface area contributed by atoms with Crippen LogP contribution < -0.4 is 0 Å². The molecule has 4 aliphatic carbocycles. The van der Waals surface area contributed by atoms with Crippen molar-refractivity contribution in [1.82, 2.24) is 0 Å². The van der Waals surface area contributed by atoms with Crippen molar-refractivity contribution in [3.05, 3.63) is 11.6 Å². The second-order valence-corrected chi connectivity index (χ2v) is 12.3. The maximum absolute atomic E-state index is 12.7. The first-order valence-electron chi connectivity index (χ1n) is 14.3. The van der Waals surface area contributed by atoms with Crippen LogP contribution in [0, 0.1) is 28.6 Å². The minimum absolute atomic E-state index is 0.0431. The number of carbonyl (C=O) groups is 2. The van der Waals surface area contributed by atoms with Crippen LogP contribution in [0.25, 0.3) is 0 Å². The summed E-state index contributed by atoms with van der Waals surface area (Å²) >= 11 is 0. The molecular weight excluding hydrogens is 408 g/mol. The highest BCUT2D eigenvalue weighted by atomic mass is 16.5. The van der Waals surface area contributed by atoms with E-state index in [0.29, 0.717) is 24.0 Å². The van der Waals surface area contributed by atoms with Crippen molar-refractivity contribution in [1.29, 1.82) is 0 Å². The molecule has 186 valence electrons. The van der Waals surface area contributed by atoms with E-state index in [9.17, 15) is 9.59 Å². The van der Waals surface area contributed by atoms with Crippen molar-refractivity contribution in [3.63, 3.8) is 0 Å². The Balaban J connectivity index is 1.27. The number of rotatable bonds is 10. The molecule has 0 saturated heterocycles. The third kappa shape index (κ3) is 5.13. The molecule has 0 aliphatic heterocycles. The van der Waals surface area contributed by atoms with Crippen LogP contribution in [-0.4, -0.2) is 17.9 Å². The molecule has 3 fully saturated rings. The largest absolute Gasteiger partial charge is 0.462 e. The van der Waals surface area contributed by atoms with Crippen LogP contribution in [0.15, 0.2) is 11.6 Å². The fourth-order valence-electron chi connectivity index (χ4n) is 8.33. The highest BCUT2D eigenvalue weighted by Gasteiger charge is 2.59. The van der Waals surface area contributed by atoms with E-state index in [0.717, 1.165) is 44.4 Å². The number of fused-ring (bicyclic) bond motifs is 5. The van der Waals surface area contributed by atoms with Gasteiger partial charge in [0.15, 0.2) is 5.78 Å². The summed E-state index contributed by atoms with van der Waals surface area (Å²) in [5, 5.41) is 0. The summed E-state index contributed by atoms with van der Waals surface area (Å²) in [5.41, 5.74) is 1.82. The van der Waals surface area contributed by atoms with Crippen LogP contribution in [0.3, 0.4) is 0 Å². The van der Waals surface area contributed by atoms with Gasteiger partial charge >= 0.3 is 5.97 Å². The number of hydrogen-bond acceptors (Lipinski definition) is 3. The van der Waals surface area contributed by atoms with E-state index in [1.165, 1.54) is 69.8 Å². The molecule has 0 aromatic carbocycles. The minimum Gasteiger partial charge on any atom is -0.462 e. The third-order valence-corrected chi connectivity index (χ3v) is 10.4. The summed E-state index contributed by atoms with van der Waals surface area (Å²) < 4.78 is 6.17. The van der Waals surface area contributed by atoms with Crippen molar-refractivity contribution in [2.45, 2.75) is 136 Å². The van der Waals surface area contributed by atoms with E-state index in [1.54, 1.807) is 0 Å². The van der Waals surface area contributed by atoms with Gasteiger partial charge in [-0.1, -0.05) is 71.3 Å². The number of carbonyl (C=O) groups excluding carboxylic acids is 2. The summed E-state index contributed by atoms with van der Waals surface area (Å²) in [7, 11) is 0. The van der Waals surface area contributed by atoms with E-state index in [-0.39, 0.29) is 22.9 Å². The maximum Gasteiger partial charge on any atom is 0.306 e. The minimum atomic E-state index is 0.0431. The second-order valence-electron chi connectivity index (χ2n) is 12.3. The summed E-state index contributed by atoms with van der Waals surface area (Å²) in [6.45, 7) is 7.13. The zero-order valence-corrected chi connectivity index (χ0v) is 21.6. The van der Waals surface area contributed by atoms with E-state index >= 15 is 0 Å². The van der Waals surface area contributed by atoms with E-state index < -0.39 is 0 Å². The average Bonchev–Trinajstić information content (AvgIpc) is 3.12. The smallest absolute Gasteiger partial charge is 0.306 e. The predicted molar refractivity (Wildman–Crippen MR) is 134 cm³/mol. The molecule has 6 atom stereocenters. The standard InChI is InChI=1S/C30H48O3/c1-4-5-6-7-8-9-10-11-12-28(32)33-27-16-15-25-24-14-13-22-21-23(31)17-19-29(22,2)26(24)18-20-30(25,27)3/h21,24-27H,4-20H2,1-3H3/t24?,25?,26?,27?,29-,30-/m0/s1. The predicted octanol–water partition coefficient (Wildman–Crippen LogP) is 7.96. The molecule has 4 aliphatic rings. The van der Waals surface area contributed by atoms with Gasteiger partial charge in [-0.15, -0.1) is 0 Å². The molecule has 4 unspecified atom stereocenters. The zero-order valence-electron chi connectivity index (χ0n) is 21.6. The average molecular weight is 457 g/mol. The van der Waals surface area contributed by atoms with Crippen LogP contribution in [0.1, 0.15) is 130 Å². The van der Waals surface area contributed by atoms with Crippen LogP contribution in [0.2, 0.25) is 0 Å². The third-order valence-electron chi connectivity index (χ3n) is 10.4. The van der Waals surface area contributed by atoms with Gasteiger partial charge in [0.05, 0.1) is 0 Å². The lowest BCUT2D eigenvalue weighted by atomic mass is 9.47. The Labute approximate surface area is 202 Å². The SMILES string of the molecule is CCCCCCCCCCC(=O)OC1CCC2C3CCC4=CC(=O)CC[C@]4(C)C3CC[C@]12C. The van der Waals surface area contributed by atoms with Crippen LogP contribution >= 0.6 is 0 Å². The Bertz CT molecular complexity index is 739. The number of unbranched alkanes of at least 4 members (excludes halogenated alkanes) is 7. The molecule has 4 rings (SSSR count). The molecule has 0 bridgehead atoms. The van der Waals surface area contributed by atoms with E-state index in [2.05, 4.69) is 20.8 Å². The van der Waals surface area contributed by atoms with Crippen molar-refractivity contribution < 1.29 is 14.3 Å². The maximum atomic E-state index is 12.7. The van der Waals surface area contributed by atoms with Crippen molar-refractivity contribution in [2.24, 2.45) is 28.6 Å². The lowest BCUT2D eigenvalue weighted by Gasteiger charge is -2.57. The molecule has 0 amide bonds. The van der Waals surface area contributed by atoms with Gasteiger partial charge in [0.1, 0.15) is 6.10 Å². The van der Waals surface area contributed by atoms with Gasteiger partial charge in [0.2, 0.25) is 0 Å². The Hall–Kier alpha value is -1.12. The molecule has 0 aromatic rings. The van der Waals surface area contributed by atoms with Crippen molar-refractivity contribution in [2.75, 3.05) is 0 Å². The molecule has 0 spiro atoms. The topological polar surface area (TPSA) is 43.4 Å². The Morgan fingerprint density at radius 2 is 1.64 bits per heavy atom. The van der Waals surface area contributed by atoms with E-state index in [4.69, 9.17) is 4.74 Å². The lowest BCUT2D eigenvalue weighted by molar-refractivity contribution is -0.160. The molecule has 3 nitrogen and oxygen atoms in total. The lowest BCUT2D eigenvalue weighted by Crippen LogP contribution is -2.51. The second kappa shape index (κ2) is 10.6. The van der Waals surface area contributed by atoms with Crippen molar-refractivity contribution >= 4 is 11.8 Å². The first kappa shape index (κ1) is 25.0. The van der Waals surface area contributed by atoms with Crippen LogP contribution in [-0.2, 0) is 14.3 Å². The summed E-state index contributed by atoms with van der Waals surface area (Å²) in [6, 6.07) is 0.